The maximum absolute atomic E-state index is 13.9. The summed E-state index contributed by atoms with van der Waals surface area (Å²) in [6.07, 6.45) is 6.11. The molecule has 158 valence electrons. The third-order valence-corrected chi connectivity index (χ3v) is 6.77. The van der Waals surface area contributed by atoms with Gasteiger partial charge in [-0.05, 0) is 84.2 Å². The normalized spacial score (nSPS) is 19.5. The molecule has 1 aliphatic carbocycles. The van der Waals surface area contributed by atoms with Gasteiger partial charge in [0.15, 0.2) is 0 Å². The van der Waals surface area contributed by atoms with Gasteiger partial charge in [0.1, 0.15) is 23.3 Å². The van der Waals surface area contributed by atoms with Crippen LogP contribution in [0.25, 0.3) is 11.1 Å². The lowest BCUT2D eigenvalue weighted by molar-refractivity contribution is 0.297. The van der Waals surface area contributed by atoms with Crippen molar-refractivity contribution in [1.82, 2.24) is 0 Å². The Balaban J connectivity index is 1.37. The van der Waals surface area contributed by atoms with Crippen LogP contribution in [0.15, 0.2) is 66.7 Å². The summed E-state index contributed by atoms with van der Waals surface area (Å²) in [7, 11) is 0. The van der Waals surface area contributed by atoms with E-state index in [0.717, 1.165) is 11.5 Å². The highest BCUT2D eigenvalue weighted by atomic mass is 19.1. The molecule has 1 atom stereocenters. The van der Waals surface area contributed by atoms with Crippen molar-refractivity contribution in [2.24, 2.45) is 5.92 Å². The summed E-state index contributed by atoms with van der Waals surface area (Å²) in [6.45, 7) is 2.33. The lowest BCUT2D eigenvalue weighted by Crippen LogP contribution is -2.15. The van der Waals surface area contributed by atoms with Crippen molar-refractivity contribution in [1.29, 1.82) is 5.26 Å². The smallest absolute Gasteiger partial charge is 0.144 e. The van der Waals surface area contributed by atoms with E-state index in [0.29, 0.717) is 17.4 Å². The Hall–Kier alpha value is -2.99. The van der Waals surface area contributed by atoms with E-state index in [2.05, 4.69) is 49.4 Å². The van der Waals surface area contributed by atoms with Crippen molar-refractivity contribution in [3.8, 4) is 17.2 Å². The highest BCUT2D eigenvalue weighted by molar-refractivity contribution is 5.65. The van der Waals surface area contributed by atoms with Crippen molar-refractivity contribution < 1.29 is 8.78 Å². The predicted molar refractivity (Wildman–Crippen MR) is 121 cm³/mol. The summed E-state index contributed by atoms with van der Waals surface area (Å²) >= 11 is 0. The summed E-state index contributed by atoms with van der Waals surface area (Å²) in [5, 5.41) is 8.84. The minimum absolute atomic E-state index is 0.458. The van der Waals surface area contributed by atoms with Gasteiger partial charge in [-0.15, -0.1) is 0 Å². The first-order valence-corrected chi connectivity index (χ1v) is 11.1. The van der Waals surface area contributed by atoms with Gasteiger partial charge in [0.2, 0.25) is 0 Å². The second-order valence-electron chi connectivity index (χ2n) is 8.81. The lowest BCUT2D eigenvalue weighted by atomic mass is 9.75. The zero-order chi connectivity index (χ0) is 21.8. The van der Waals surface area contributed by atoms with Gasteiger partial charge in [-0.1, -0.05) is 61.5 Å². The fraction of sp³-hybridized carbons (Fsp3) is 0.321. The number of hydrogen-bond acceptors (Lipinski definition) is 1. The van der Waals surface area contributed by atoms with E-state index in [9.17, 15) is 8.78 Å². The molecule has 1 nitrogen and oxygen atoms in total. The van der Waals surface area contributed by atoms with Crippen LogP contribution in [0.3, 0.4) is 0 Å². The second-order valence-corrected chi connectivity index (χ2v) is 8.81. The van der Waals surface area contributed by atoms with Gasteiger partial charge >= 0.3 is 0 Å². The molecule has 0 unspecified atom stereocenters. The molecule has 0 radical (unpaired) electrons. The maximum atomic E-state index is 13.9. The van der Waals surface area contributed by atoms with E-state index < -0.39 is 17.2 Å². The quantitative estimate of drug-likeness (QED) is 0.414. The fourth-order valence-corrected chi connectivity index (χ4v) is 4.94. The molecule has 1 fully saturated rings. The first kappa shape index (κ1) is 21.2. The molecule has 4 rings (SSSR count). The minimum Gasteiger partial charge on any atom is -0.205 e. The van der Waals surface area contributed by atoms with Crippen LogP contribution in [-0.2, 0) is 0 Å². The minimum atomic E-state index is -0.815. The van der Waals surface area contributed by atoms with Crippen LogP contribution in [-0.4, -0.2) is 0 Å². The van der Waals surface area contributed by atoms with E-state index in [4.69, 9.17) is 5.26 Å². The largest absolute Gasteiger partial charge is 0.205 e. The Morgan fingerprint density at radius 1 is 0.871 bits per heavy atom. The Morgan fingerprint density at radius 3 is 2.06 bits per heavy atom. The molecular formula is C28H27F2N. The monoisotopic (exact) mass is 415 g/mol. The first-order chi connectivity index (χ1) is 15.0. The molecule has 0 aliphatic heterocycles. The van der Waals surface area contributed by atoms with Crippen LogP contribution in [0.4, 0.5) is 8.78 Å². The number of benzene rings is 3. The molecule has 0 amide bonds. The molecule has 1 saturated carbocycles. The summed E-state index contributed by atoms with van der Waals surface area (Å²) in [5.41, 5.74) is 3.41. The Morgan fingerprint density at radius 2 is 1.48 bits per heavy atom. The molecule has 0 saturated heterocycles. The number of rotatable bonds is 5. The third kappa shape index (κ3) is 4.85. The third-order valence-electron chi connectivity index (χ3n) is 6.77. The average Bonchev–Trinajstić information content (AvgIpc) is 2.80. The van der Waals surface area contributed by atoms with Crippen LogP contribution in [0.5, 0.6) is 0 Å². The van der Waals surface area contributed by atoms with Crippen molar-refractivity contribution in [3.05, 3.63) is 95.1 Å². The van der Waals surface area contributed by atoms with Gasteiger partial charge in [0, 0.05) is 0 Å². The SMILES string of the molecule is C[C@@H](CC1CCC(c2ccc(-c3cc(F)c(C#N)c(F)c3)cc2)CC1)c1ccccc1. The standard InChI is InChI=1S/C28H27F2N/c1-19(21-5-3-2-4-6-21)15-20-7-9-22(10-8-20)23-11-13-24(14-12-23)25-16-27(29)26(18-31)28(30)17-25/h2-6,11-14,16-17,19-20,22H,7-10,15H2,1H3/t19-,20?,22?/m0/s1. The van der Waals surface area contributed by atoms with Crippen LogP contribution < -0.4 is 0 Å². The van der Waals surface area contributed by atoms with E-state index in [1.54, 1.807) is 6.07 Å². The number of halogens is 2. The van der Waals surface area contributed by atoms with Crippen molar-refractivity contribution in [2.75, 3.05) is 0 Å². The maximum Gasteiger partial charge on any atom is 0.144 e. The zero-order valence-corrected chi connectivity index (χ0v) is 17.8. The summed E-state index contributed by atoms with van der Waals surface area (Å²) in [4.78, 5) is 0. The molecule has 0 heterocycles. The summed E-state index contributed by atoms with van der Waals surface area (Å²) in [5.74, 6) is 0.284. The van der Waals surface area contributed by atoms with E-state index >= 15 is 0 Å². The van der Waals surface area contributed by atoms with Gasteiger partial charge < -0.3 is 0 Å². The Bertz CT molecular complexity index is 1040. The molecule has 3 aromatic rings. The van der Waals surface area contributed by atoms with Gasteiger partial charge in [-0.3, -0.25) is 0 Å². The second kappa shape index (κ2) is 9.43. The molecule has 0 N–H and O–H groups in total. The first-order valence-electron chi connectivity index (χ1n) is 11.1. The van der Waals surface area contributed by atoms with Crippen LogP contribution >= 0.6 is 0 Å². The van der Waals surface area contributed by atoms with E-state index in [1.165, 1.54) is 55.4 Å². The van der Waals surface area contributed by atoms with Gasteiger partial charge in [0.05, 0.1) is 0 Å². The highest BCUT2D eigenvalue weighted by Gasteiger charge is 2.24. The van der Waals surface area contributed by atoms with E-state index in [1.807, 2.05) is 12.1 Å². The fourth-order valence-electron chi connectivity index (χ4n) is 4.94. The van der Waals surface area contributed by atoms with Gasteiger partial charge in [-0.25, -0.2) is 8.78 Å². The highest BCUT2D eigenvalue weighted by Crippen LogP contribution is 2.40. The van der Waals surface area contributed by atoms with Gasteiger partial charge in [-0.2, -0.15) is 5.26 Å². The van der Waals surface area contributed by atoms with Gasteiger partial charge in [0.25, 0.3) is 0 Å². The summed E-state index contributed by atoms with van der Waals surface area (Å²) in [6, 6.07) is 22.8. The predicted octanol–water partition coefficient (Wildman–Crippen LogP) is 7.97. The van der Waals surface area contributed by atoms with Crippen LogP contribution in [0.1, 0.15) is 67.6 Å². The van der Waals surface area contributed by atoms with Crippen molar-refractivity contribution in [3.63, 3.8) is 0 Å². The number of nitrogens with zero attached hydrogens (tertiary/aromatic N) is 1. The van der Waals surface area contributed by atoms with Crippen LogP contribution in [0.2, 0.25) is 0 Å². The molecule has 3 heteroatoms. The number of hydrogen-bond donors (Lipinski definition) is 0. The van der Waals surface area contributed by atoms with Crippen molar-refractivity contribution >= 4 is 0 Å². The molecule has 0 aromatic heterocycles. The molecule has 1 aliphatic rings. The molecular weight excluding hydrogens is 388 g/mol. The molecule has 0 spiro atoms. The number of nitriles is 1. The molecule has 3 aromatic carbocycles. The topological polar surface area (TPSA) is 23.8 Å². The van der Waals surface area contributed by atoms with Crippen LogP contribution in [0, 0.1) is 28.9 Å². The lowest BCUT2D eigenvalue weighted by Gasteiger charge is -2.30. The zero-order valence-electron chi connectivity index (χ0n) is 17.8. The van der Waals surface area contributed by atoms with Crippen molar-refractivity contribution in [2.45, 2.75) is 50.9 Å². The Kier molecular flexibility index (Phi) is 6.47. The summed E-state index contributed by atoms with van der Waals surface area (Å²) < 4.78 is 27.9. The molecule has 31 heavy (non-hydrogen) atoms. The Labute approximate surface area is 183 Å². The van der Waals surface area contributed by atoms with E-state index in [-0.39, 0.29) is 0 Å². The average molecular weight is 416 g/mol. The molecule has 0 bridgehead atoms.